The van der Waals surface area contributed by atoms with Gasteiger partial charge >= 0.3 is 0 Å². The Labute approximate surface area is 159 Å². The van der Waals surface area contributed by atoms with Crippen LogP contribution in [0.25, 0.3) is 10.9 Å². The Morgan fingerprint density at radius 1 is 1.33 bits per heavy atom. The van der Waals surface area contributed by atoms with Gasteiger partial charge in [-0.3, -0.25) is 9.36 Å². The third-order valence-corrected chi connectivity index (χ3v) is 5.03. The van der Waals surface area contributed by atoms with Crippen molar-refractivity contribution in [2.24, 2.45) is 0 Å². The normalized spacial score (nSPS) is 17.5. The first kappa shape index (κ1) is 19.8. The number of hydroxylamine groups is 1. The molecule has 1 saturated heterocycles. The first-order valence-electron chi connectivity index (χ1n) is 9.31. The zero-order chi connectivity index (χ0) is 19.4. The second-order valence-corrected chi connectivity index (χ2v) is 7.68. The molecule has 2 N–H and O–H groups in total. The van der Waals surface area contributed by atoms with Crippen LogP contribution in [0, 0.1) is 0 Å². The number of benzene rings is 1. The number of nitrogens with zero attached hydrogens (tertiary/aromatic N) is 4. The molecule has 0 atom stereocenters. The van der Waals surface area contributed by atoms with E-state index in [4.69, 9.17) is 4.84 Å². The average molecular weight is 375 g/mol. The molecule has 2 heterocycles. The van der Waals surface area contributed by atoms with E-state index in [2.05, 4.69) is 20.3 Å². The smallest absolute Gasteiger partial charge is 0.261 e. The molecule has 1 aliphatic rings. The molecule has 0 unspecified atom stereocenters. The predicted molar refractivity (Wildman–Crippen MR) is 105 cm³/mol. The number of fused-ring (bicyclic) bond motifs is 1. The van der Waals surface area contributed by atoms with Gasteiger partial charge in [0.1, 0.15) is 5.75 Å². The number of aromatic nitrogens is 2. The van der Waals surface area contributed by atoms with Gasteiger partial charge in [-0.1, -0.05) is 0 Å². The highest BCUT2D eigenvalue weighted by atomic mass is 16.6. The maximum Gasteiger partial charge on any atom is 0.261 e. The highest BCUT2D eigenvalue weighted by Gasteiger charge is 2.32. The zero-order valence-corrected chi connectivity index (χ0v) is 16.3. The molecule has 0 radical (unpaired) electrons. The molecule has 3 rings (SSSR count). The molecule has 2 aromatic rings. The van der Waals surface area contributed by atoms with E-state index < -0.39 is 5.60 Å². The van der Waals surface area contributed by atoms with Gasteiger partial charge in [-0.25, -0.2) is 4.98 Å². The first-order chi connectivity index (χ1) is 12.9. The van der Waals surface area contributed by atoms with Crippen molar-refractivity contribution < 1.29 is 9.94 Å². The Morgan fingerprint density at radius 2 is 2.07 bits per heavy atom. The maximum absolute atomic E-state index is 12.8. The van der Waals surface area contributed by atoms with Crippen LogP contribution in [0.3, 0.4) is 0 Å². The number of rotatable bonds is 7. The number of hydrogen-bond acceptors (Lipinski definition) is 7. The highest BCUT2D eigenvalue weighted by molar-refractivity contribution is 5.78. The van der Waals surface area contributed by atoms with E-state index in [1.165, 1.54) is 10.9 Å². The number of likely N-dealkylation sites (tertiary alicyclic amines) is 1. The molecule has 148 valence electrons. The fourth-order valence-electron chi connectivity index (χ4n) is 3.23. The van der Waals surface area contributed by atoms with E-state index in [1.54, 1.807) is 18.2 Å². The van der Waals surface area contributed by atoms with Crippen LogP contribution in [-0.4, -0.2) is 77.4 Å². The van der Waals surface area contributed by atoms with Crippen LogP contribution in [0.4, 0.5) is 0 Å². The van der Waals surface area contributed by atoms with Gasteiger partial charge in [-0.05, 0) is 46.1 Å². The van der Waals surface area contributed by atoms with E-state index in [0.29, 0.717) is 36.0 Å². The number of likely N-dealkylation sites (N-methyl/N-ethyl adjacent to an activating group) is 1. The Bertz CT molecular complexity index is 828. The van der Waals surface area contributed by atoms with Crippen LogP contribution in [0.1, 0.15) is 12.8 Å². The number of piperidine rings is 1. The molecule has 8 nitrogen and oxygen atoms in total. The quantitative estimate of drug-likeness (QED) is 0.532. The lowest BCUT2D eigenvalue weighted by molar-refractivity contribution is -0.0298. The molecule has 0 aliphatic carbocycles. The summed E-state index contributed by atoms with van der Waals surface area (Å²) in [6.45, 7) is 3.47. The molecule has 0 saturated carbocycles. The van der Waals surface area contributed by atoms with Gasteiger partial charge in [-0.2, -0.15) is 5.48 Å². The molecule has 1 fully saturated rings. The van der Waals surface area contributed by atoms with Gasteiger partial charge in [0.15, 0.2) is 0 Å². The average Bonchev–Trinajstić information content (AvgIpc) is 2.64. The number of aliphatic hydroxyl groups is 1. The lowest BCUT2D eigenvalue weighted by atomic mass is 9.91. The van der Waals surface area contributed by atoms with Gasteiger partial charge in [0.25, 0.3) is 5.56 Å². The van der Waals surface area contributed by atoms with Crippen LogP contribution in [0.2, 0.25) is 0 Å². The van der Waals surface area contributed by atoms with Gasteiger partial charge in [0.2, 0.25) is 0 Å². The molecule has 0 bridgehead atoms. The van der Waals surface area contributed by atoms with Crippen LogP contribution in [-0.2, 0) is 6.54 Å². The summed E-state index contributed by atoms with van der Waals surface area (Å²) in [4.78, 5) is 26.9. The van der Waals surface area contributed by atoms with Crippen molar-refractivity contribution >= 4 is 10.9 Å². The molecule has 1 aromatic heterocycles. The minimum Gasteiger partial charge on any atom is -0.409 e. The van der Waals surface area contributed by atoms with Gasteiger partial charge in [0, 0.05) is 32.2 Å². The maximum atomic E-state index is 12.8. The predicted octanol–water partition coefficient (Wildman–Crippen LogP) is 0.298. The number of hydrogen-bond donors (Lipinski definition) is 2. The first-order valence-corrected chi connectivity index (χ1v) is 9.31. The lowest BCUT2D eigenvalue weighted by Crippen LogP contribution is -2.46. The molecule has 1 aliphatic heterocycles. The standard InChI is InChI=1S/C19H29N5O3/c1-22(2)11-8-21-27-15-4-5-16-17(12-15)20-14-24(18(16)25)13-19(26)6-9-23(3)10-7-19/h4-5,12,14,21,26H,6-11,13H2,1-3H3. The van der Waals surface area contributed by atoms with Crippen molar-refractivity contribution in [3.05, 3.63) is 34.9 Å². The van der Waals surface area contributed by atoms with Crippen molar-refractivity contribution in [1.29, 1.82) is 0 Å². The molecular weight excluding hydrogens is 346 g/mol. The van der Waals surface area contributed by atoms with E-state index in [1.807, 2.05) is 21.1 Å². The lowest BCUT2D eigenvalue weighted by Gasteiger charge is -2.36. The summed E-state index contributed by atoms with van der Waals surface area (Å²) in [5, 5.41) is 11.3. The van der Waals surface area contributed by atoms with E-state index >= 15 is 0 Å². The van der Waals surface area contributed by atoms with Crippen LogP contribution in [0.15, 0.2) is 29.3 Å². The SMILES string of the molecule is CN(C)CCNOc1ccc2c(=O)n(CC3(O)CCN(C)CC3)cnc2c1. The van der Waals surface area contributed by atoms with Gasteiger partial charge < -0.3 is 19.7 Å². The minimum absolute atomic E-state index is 0.139. The third-order valence-electron chi connectivity index (χ3n) is 5.03. The molecule has 0 spiro atoms. The Hall–Kier alpha value is -2.00. The molecule has 1 aromatic carbocycles. The molecular formula is C19H29N5O3. The monoisotopic (exact) mass is 375 g/mol. The summed E-state index contributed by atoms with van der Waals surface area (Å²) in [7, 11) is 6.03. The molecule has 27 heavy (non-hydrogen) atoms. The summed E-state index contributed by atoms with van der Waals surface area (Å²) in [6.07, 6.45) is 2.82. The fourth-order valence-corrected chi connectivity index (χ4v) is 3.23. The Morgan fingerprint density at radius 3 is 2.78 bits per heavy atom. The third kappa shape index (κ3) is 5.04. The van der Waals surface area contributed by atoms with Crippen molar-refractivity contribution in [3.8, 4) is 5.75 Å². The second kappa shape index (κ2) is 8.35. The summed E-state index contributed by atoms with van der Waals surface area (Å²) in [5.41, 5.74) is 2.48. The largest absolute Gasteiger partial charge is 0.409 e. The van der Waals surface area contributed by atoms with Crippen LogP contribution >= 0.6 is 0 Å². The zero-order valence-electron chi connectivity index (χ0n) is 16.3. The van der Waals surface area contributed by atoms with Gasteiger partial charge in [-0.15, -0.1) is 0 Å². The Balaban J connectivity index is 1.71. The summed E-state index contributed by atoms with van der Waals surface area (Å²) < 4.78 is 1.52. The van der Waals surface area contributed by atoms with Gasteiger partial charge in [0.05, 0.1) is 29.4 Å². The molecule has 0 amide bonds. The summed E-state index contributed by atoms with van der Waals surface area (Å²) in [6, 6.07) is 5.22. The van der Waals surface area contributed by atoms with Crippen molar-refractivity contribution in [3.63, 3.8) is 0 Å². The fraction of sp³-hybridized carbons (Fsp3) is 0.579. The van der Waals surface area contributed by atoms with E-state index in [-0.39, 0.29) is 12.1 Å². The number of nitrogens with one attached hydrogen (secondary N) is 1. The molecule has 8 heteroatoms. The van der Waals surface area contributed by atoms with E-state index in [0.717, 1.165) is 19.6 Å². The van der Waals surface area contributed by atoms with Crippen LogP contribution in [0.5, 0.6) is 5.75 Å². The second-order valence-electron chi connectivity index (χ2n) is 7.68. The topological polar surface area (TPSA) is 82.9 Å². The van der Waals surface area contributed by atoms with E-state index in [9.17, 15) is 9.90 Å². The summed E-state index contributed by atoms with van der Waals surface area (Å²) >= 11 is 0. The highest BCUT2D eigenvalue weighted by Crippen LogP contribution is 2.23. The van der Waals surface area contributed by atoms with Crippen molar-refractivity contribution in [2.45, 2.75) is 25.0 Å². The summed E-state index contributed by atoms with van der Waals surface area (Å²) in [5.74, 6) is 0.611. The Kier molecular flexibility index (Phi) is 6.11. The van der Waals surface area contributed by atoms with Crippen LogP contribution < -0.4 is 15.9 Å². The van der Waals surface area contributed by atoms with Crippen molar-refractivity contribution in [2.75, 3.05) is 47.3 Å². The van der Waals surface area contributed by atoms with Crippen molar-refractivity contribution in [1.82, 2.24) is 24.8 Å². The minimum atomic E-state index is -0.856.